The van der Waals surface area contributed by atoms with Crippen LogP contribution in [0.15, 0.2) is 36.4 Å². The fraction of sp³-hybridized carbons (Fsp3) is 0.222. The maximum atomic E-state index is 4.15. The SMILES string of the molecule is C=c1cc(N(C)C)cc/c1=C/c1ccc(C)cc1C. The van der Waals surface area contributed by atoms with Crippen LogP contribution in [-0.2, 0) is 0 Å². The minimum Gasteiger partial charge on any atom is -0.378 e. The zero-order valence-electron chi connectivity index (χ0n) is 12.2. The van der Waals surface area contributed by atoms with E-state index in [1.54, 1.807) is 0 Å². The lowest BCUT2D eigenvalue weighted by Gasteiger charge is -2.11. The predicted octanol–water partition coefficient (Wildman–Crippen LogP) is 2.61. The molecule has 0 aliphatic rings. The Balaban J connectivity index is 2.52. The van der Waals surface area contributed by atoms with Crippen LogP contribution < -0.4 is 15.3 Å². The molecular formula is C18H21N. The number of rotatable bonds is 2. The molecule has 0 atom stereocenters. The Labute approximate surface area is 115 Å². The van der Waals surface area contributed by atoms with Gasteiger partial charge in [-0.1, -0.05) is 36.4 Å². The van der Waals surface area contributed by atoms with Crippen LogP contribution in [-0.4, -0.2) is 14.1 Å². The first-order chi connectivity index (χ1) is 8.97. The van der Waals surface area contributed by atoms with Crippen LogP contribution >= 0.6 is 0 Å². The van der Waals surface area contributed by atoms with E-state index in [2.05, 4.69) is 67.8 Å². The molecule has 0 unspecified atom stereocenters. The molecule has 0 saturated heterocycles. The first-order valence-corrected chi connectivity index (χ1v) is 6.53. The van der Waals surface area contributed by atoms with Crippen LogP contribution in [0.25, 0.3) is 12.7 Å². The van der Waals surface area contributed by atoms with Crippen molar-refractivity contribution in [1.82, 2.24) is 0 Å². The lowest BCUT2D eigenvalue weighted by Crippen LogP contribution is -2.24. The van der Waals surface area contributed by atoms with Crippen molar-refractivity contribution in [3.8, 4) is 0 Å². The van der Waals surface area contributed by atoms with Crippen molar-refractivity contribution in [3.05, 3.63) is 63.5 Å². The zero-order chi connectivity index (χ0) is 14.0. The number of hydrogen-bond acceptors (Lipinski definition) is 1. The fourth-order valence-corrected chi connectivity index (χ4v) is 2.17. The second-order valence-electron chi connectivity index (χ2n) is 5.28. The molecule has 2 rings (SSSR count). The summed E-state index contributed by atoms with van der Waals surface area (Å²) in [6.45, 7) is 8.42. The molecule has 2 aromatic carbocycles. The standard InChI is InChI=1S/C18H21N/c1-13-6-7-16(14(2)10-13)12-17-8-9-18(19(4)5)11-15(17)3/h6-12H,3H2,1-2,4-5H3/b17-12-. The second-order valence-corrected chi connectivity index (χ2v) is 5.28. The molecule has 19 heavy (non-hydrogen) atoms. The quantitative estimate of drug-likeness (QED) is 0.793. The normalized spacial score (nSPS) is 11.7. The maximum Gasteiger partial charge on any atom is 0.0367 e. The Morgan fingerprint density at radius 1 is 1.00 bits per heavy atom. The smallest absolute Gasteiger partial charge is 0.0367 e. The largest absolute Gasteiger partial charge is 0.378 e. The number of nitrogens with zero attached hydrogens (tertiary/aromatic N) is 1. The first-order valence-electron chi connectivity index (χ1n) is 6.53. The molecule has 0 amide bonds. The number of benzene rings is 2. The Hall–Kier alpha value is -2.02. The van der Waals surface area contributed by atoms with Crippen molar-refractivity contribution in [2.45, 2.75) is 13.8 Å². The Morgan fingerprint density at radius 3 is 2.32 bits per heavy atom. The summed E-state index contributed by atoms with van der Waals surface area (Å²) in [5.74, 6) is 0. The number of hydrogen-bond donors (Lipinski definition) is 0. The van der Waals surface area contributed by atoms with Gasteiger partial charge in [0, 0.05) is 19.8 Å². The number of aryl methyl sites for hydroxylation is 2. The second kappa shape index (κ2) is 5.31. The zero-order valence-corrected chi connectivity index (χ0v) is 12.2. The molecule has 0 spiro atoms. The highest BCUT2D eigenvalue weighted by Gasteiger charge is 1.97. The van der Waals surface area contributed by atoms with Crippen LogP contribution in [0.3, 0.4) is 0 Å². The molecule has 0 aliphatic carbocycles. The molecule has 0 heterocycles. The van der Waals surface area contributed by atoms with Crippen molar-refractivity contribution in [3.63, 3.8) is 0 Å². The van der Waals surface area contributed by atoms with Crippen LogP contribution in [0.4, 0.5) is 5.69 Å². The van der Waals surface area contributed by atoms with Crippen LogP contribution in [0.2, 0.25) is 0 Å². The van der Waals surface area contributed by atoms with Gasteiger partial charge in [-0.3, -0.25) is 0 Å². The minimum atomic E-state index is 1.06. The third-order valence-electron chi connectivity index (χ3n) is 3.38. The van der Waals surface area contributed by atoms with E-state index in [1.165, 1.54) is 27.6 Å². The lowest BCUT2D eigenvalue weighted by atomic mass is 10.0. The molecule has 2 aromatic rings. The average Bonchev–Trinajstić information content (AvgIpc) is 2.34. The van der Waals surface area contributed by atoms with Crippen molar-refractivity contribution >= 4 is 18.3 Å². The lowest BCUT2D eigenvalue weighted by molar-refractivity contribution is 1.13. The fourth-order valence-electron chi connectivity index (χ4n) is 2.17. The highest BCUT2D eigenvalue weighted by atomic mass is 15.1. The average molecular weight is 251 g/mol. The van der Waals surface area contributed by atoms with Crippen LogP contribution in [0.5, 0.6) is 0 Å². The van der Waals surface area contributed by atoms with E-state index in [1.807, 2.05) is 14.1 Å². The Morgan fingerprint density at radius 2 is 1.74 bits per heavy atom. The summed E-state index contributed by atoms with van der Waals surface area (Å²) in [6.07, 6.45) is 2.20. The molecule has 0 radical (unpaired) electrons. The first kappa shape index (κ1) is 13.4. The van der Waals surface area contributed by atoms with Crippen molar-refractivity contribution in [1.29, 1.82) is 0 Å². The molecule has 0 aliphatic heterocycles. The molecule has 0 N–H and O–H groups in total. The minimum absolute atomic E-state index is 1.06. The van der Waals surface area contributed by atoms with E-state index in [-0.39, 0.29) is 0 Å². The van der Waals surface area contributed by atoms with Gasteiger partial charge in [0.2, 0.25) is 0 Å². The highest BCUT2D eigenvalue weighted by molar-refractivity contribution is 5.56. The van der Waals surface area contributed by atoms with Gasteiger partial charge < -0.3 is 4.90 Å². The molecular weight excluding hydrogens is 230 g/mol. The molecule has 0 bridgehead atoms. The summed E-state index contributed by atoms with van der Waals surface area (Å²) < 4.78 is 0. The van der Waals surface area contributed by atoms with Gasteiger partial charge in [-0.25, -0.2) is 0 Å². The molecule has 0 fully saturated rings. The number of anilines is 1. The van der Waals surface area contributed by atoms with Crippen molar-refractivity contribution in [2.24, 2.45) is 0 Å². The molecule has 98 valence electrons. The summed E-state index contributed by atoms with van der Waals surface area (Å²) in [6, 6.07) is 12.9. The Kier molecular flexibility index (Phi) is 3.75. The van der Waals surface area contributed by atoms with E-state index in [9.17, 15) is 0 Å². The van der Waals surface area contributed by atoms with Gasteiger partial charge in [0.05, 0.1) is 0 Å². The monoisotopic (exact) mass is 251 g/mol. The van der Waals surface area contributed by atoms with Crippen LogP contribution in [0, 0.1) is 13.8 Å². The van der Waals surface area contributed by atoms with E-state index in [0.29, 0.717) is 0 Å². The highest BCUT2D eigenvalue weighted by Crippen LogP contribution is 2.11. The maximum absolute atomic E-state index is 4.15. The van der Waals surface area contributed by atoms with Gasteiger partial charge >= 0.3 is 0 Å². The third-order valence-corrected chi connectivity index (χ3v) is 3.38. The summed E-state index contributed by atoms with van der Waals surface area (Å²) in [7, 11) is 4.09. The van der Waals surface area contributed by atoms with E-state index in [4.69, 9.17) is 0 Å². The topological polar surface area (TPSA) is 3.24 Å². The van der Waals surface area contributed by atoms with Gasteiger partial charge in [0.25, 0.3) is 0 Å². The van der Waals surface area contributed by atoms with Gasteiger partial charge in [-0.15, -0.1) is 0 Å². The summed E-state index contributed by atoms with van der Waals surface area (Å²) >= 11 is 0. The summed E-state index contributed by atoms with van der Waals surface area (Å²) in [4.78, 5) is 2.09. The molecule has 0 aromatic heterocycles. The summed E-state index contributed by atoms with van der Waals surface area (Å²) in [5.41, 5.74) is 5.04. The van der Waals surface area contributed by atoms with Gasteiger partial charge in [0.1, 0.15) is 0 Å². The van der Waals surface area contributed by atoms with Gasteiger partial charge in [0.15, 0.2) is 0 Å². The summed E-state index contributed by atoms with van der Waals surface area (Å²) in [5, 5.41) is 2.24. The Bertz CT molecular complexity index is 696. The predicted molar refractivity (Wildman–Crippen MR) is 85.0 cm³/mol. The van der Waals surface area contributed by atoms with Crippen molar-refractivity contribution in [2.75, 3.05) is 19.0 Å². The molecule has 0 saturated carbocycles. The van der Waals surface area contributed by atoms with E-state index >= 15 is 0 Å². The third kappa shape index (κ3) is 3.05. The van der Waals surface area contributed by atoms with E-state index < -0.39 is 0 Å². The van der Waals surface area contributed by atoms with E-state index in [0.717, 1.165) is 5.22 Å². The van der Waals surface area contributed by atoms with Gasteiger partial charge in [-0.2, -0.15) is 0 Å². The molecule has 1 heteroatoms. The van der Waals surface area contributed by atoms with Crippen LogP contribution in [0.1, 0.15) is 16.7 Å². The molecule has 1 nitrogen and oxygen atoms in total. The van der Waals surface area contributed by atoms with Crippen molar-refractivity contribution < 1.29 is 0 Å². The van der Waals surface area contributed by atoms with Gasteiger partial charge in [-0.05, 0) is 53.6 Å².